The Morgan fingerprint density at radius 2 is 2.04 bits per heavy atom. The minimum absolute atomic E-state index is 0.0155. The lowest BCUT2D eigenvalue weighted by Crippen LogP contribution is -2.50. The fourth-order valence-corrected chi connectivity index (χ4v) is 4.47. The van der Waals surface area contributed by atoms with Gasteiger partial charge in [0.25, 0.3) is 5.91 Å². The topological polar surface area (TPSA) is 41.9 Å². The van der Waals surface area contributed by atoms with E-state index in [4.69, 9.17) is 9.73 Å². The number of anilines is 1. The minimum atomic E-state index is -0.241. The summed E-state index contributed by atoms with van der Waals surface area (Å²) in [5.74, 6) is 1.15. The lowest BCUT2D eigenvalue weighted by atomic mass is 9.80. The van der Waals surface area contributed by atoms with E-state index in [1.54, 1.807) is 0 Å². The third-order valence-corrected chi connectivity index (χ3v) is 5.49. The molecule has 2 aromatic rings. The van der Waals surface area contributed by atoms with Crippen molar-refractivity contribution < 1.29 is 9.53 Å². The molecule has 1 atom stereocenters. The molecule has 0 spiro atoms. The fourth-order valence-electron chi connectivity index (χ4n) is 4.47. The van der Waals surface area contributed by atoms with Gasteiger partial charge in [0, 0.05) is 11.1 Å². The second-order valence-electron chi connectivity index (χ2n) is 8.20. The molecule has 4 heteroatoms. The Hall–Kier alpha value is -2.62. The number of carbonyl (C=O) groups excluding carboxylic acids is 1. The smallest absolute Gasteiger partial charge is 0.278 e. The van der Waals surface area contributed by atoms with Crippen molar-refractivity contribution in [3.63, 3.8) is 0 Å². The first-order valence-corrected chi connectivity index (χ1v) is 9.63. The quantitative estimate of drug-likeness (QED) is 0.758. The van der Waals surface area contributed by atoms with Gasteiger partial charge in [-0.05, 0) is 75.4 Å². The van der Waals surface area contributed by atoms with Crippen LogP contribution in [0.2, 0.25) is 0 Å². The van der Waals surface area contributed by atoms with Crippen LogP contribution in [0.3, 0.4) is 0 Å². The molecule has 4 nitrogen and oxygen atoms in total. The minimum Gasteiger partial charge on any atom is -0.494 e. The Morgan fingerprint density at radius 1 is 1.26 bits per heavy atom. The highest BCUT2D eigenvalue weighted by molar-refractivity contribution is 6.55. The molecule has 0 unspecified atom stereocenters. The fraction of sp³-hybridized carbons (Fsp3) is 0.391. The van der Waals surface area contributed by atoms with Gasteiger partial charge in [-0.1, -0.05) is 19.1 Å². The van der Waals surface area contributed by atoms with Crippen molar-refractivity contribution in [2.24, 2.45) is 4.99 Å². The van der Waals surface area contributed by atoms with E-state index >= 15 is 0 Å². The van der Waals surface area contributed by atoms with Crippen molar-refractivity contribution in [3.8, 4) is 5.75 Å². The highest BCUT2D eigenvalue weighted by atomic mass is 16.5. The molecule has 2 aliphatic heterocycles. The van der Waals surface area contributed by atoms with Crippen LogP contribution in [0.4, 0.5) is 11.4 Å². The second kappa shape index (κ2) is 6.22. The average Bonchev–Trinajstić information content (AvgIpc) is 2.86. The summed E-state index contributed by atoms with van der Waals surface area (Å²) in [5.41, 5.74) is 5.29. The first-order valence-electron chi connectivity index (χ1n) is 9.63. The molecule has 2 aromatic carbocycles. The van der Waals surface area contributed by atoms with Crippen LogP contribution in [-0.4, -0.2) is 23.8 Å². The zero-order chi connectivity index (χ0) is 19.3. The molecule has 140 valence electrons. The van der Waals surface area contributed by atoms with Crippen LogP contribution in [-0.2, 0) is 4.79 Å². The Morgan fingerprint density at radius 3 is 2.74 bits per heavy atom. The summed E-state index contributed by atoms with van der Waals surface area (Å²) in [5, 5.41) is 0. The number of benzene rings is 2. The van der Waals surface area contributed by atoms with E-state index in [1.807, 2.05) is 49.1 Å². The van der Waals surface area contributed by atoms with Gasteiger partial charge in [0.2, 0.25) is 0 Å². The maximum atomic E-state index is 13.4. The number of ether oxygens (including phenoxy) is 1. The lowest BCUT2D eigenvalue weighted by Gasteiger charge is -2.43. The van der Waals surface area contributed by atoms with Crippen molar-refractivity contribution in [2.75, 3.05) is 11.5 Å². The third kappa shape index (κ3) is 2.84. The Labute approximate surface area is 160 Å². The summed E-state index contributed by atoms with van der Waals surface area (Å²) in [4.78, 5) is 20.1. The molecule has 27 heavy (non-hydrogen) atoms. The van der Waals surface area contributed by atoms with Crippen LogP contribution in [0.1, 0.15) is 56.7 Å². The highest BCUT2D eigenvalue weighted by Crippen LogP contribution is 2.50. The van der Waals surface area contributed by atoms with Gasteiger partial charge in [0.15, 0.2) is 0 Å². The molecule has 0 radical (unpaired) electrons. The van der Waals surface area contributed by atoms with Gasteiger partial charge in [-0.15, -0.1) is 0 Å². The van der Waals surface area contributed by atoms with Crippen molar-refractivity contribution in [3.05, 3.63) is 53.1 Å². The number of hydrogen-bond acceptors (Lipinski definition) is 3. The first kappa shape index (κ1) is 17.8. The second-order valence-corrected chi connectivity index (χ2v) is 8.20. The molecule has 2 aliphatic rings. The summed E-state index contributed by atoms with van der Waals surface area (Å²) < 4.78 is 5.80. The van der Waals surface area contributed by atoms with Crippen molar-refractivity contribution >= 4 is 23.0 Å². The molecule has 0 aliphatic carbocycles. The average molecular weight is 362 g/mol. The van der Waals surface area contributed by atoms with E-state index in [-0.39, 0.29) is 11.4 Å². The van der Waals surface area contributed by atoms with E-state index in [1.165, 1.54) is 5.56 Å². The zero-order valence-electron chi connectivity index (χ0n) is 16.7. The van der Waals surface area contributed by atoms with E-state index < -0.39 is 0 Å². The van der Waals surface area contributed by atoms with Gasteiger partial charge in [0.05, 0.1) is 18.0 Å². The van der Waals surface area contributed by atoms with Gasteiger partial charge >= 0.3 is 0 Å². The molecule has 0 aromatic heterocycles. The van der Waals surface area contributed by atoms with E-state index in [0.29, 0.717) is 18.2 Å². The highest BCUT2D eigenvalue weighted by Gasteiger charge is 2.48. The molecule has 2 heterocycles. The number of amides is 1. The Bertz CT molecular complexity index is 959. The first-order chi connectivity index (χ1) is 12.8. The number of rotatable bonds is 3. The van der Waals surface area contributed by atoms with E-state index in [2.05, 4.69) is 26.8 Å². The predicted octanol–water partition coefficient (Wildman–Crippen LogP) is 5.15. The Balaban J connectivity index is 1.96. The van der Waals surface area contributed by atoms with Crippen LogP contribution < -0.4 is 9.64 Å². The zero-order valence-corrected chi connectivity index (χ0v) is 16.7. The summed E-state index contributed by atoms with van der Waals surface area (Å²) in [6.07, 6.45) is 0.915. The van der Waals surface area contributed by atoms with E-state index in [0.717, 1.165) is 34.7 Å². The van der Waals surface area contributed by atoms with E-state index in [9.17, 15) is 4.79 Å². The van der Waals surface area contributed by atoms with Crippen molar-refractivity contribution in [1.29, 1.82) is 0 Å². The van der Waals surface area contributed by atoms with Crippen LogP contribution >= 0.6 is 0 Å². The SMILES string of the molecule is CCOc1cc2c3c(c1)[C@H](C)CC(C)(C)N3C(=O)C2=Nc1cccc(C)c1. The van der Waals surface area contributed by atoms with Crippen LogP contribution in [0.5, 0.6) is 5.75 Å². The summed E-state index contributed by atoms with van der Waals surface area (Å²) in [7, 11) is 0. The molecule has 0 bridgehead atoms. The van der Waals surface area contributed by atoms with Gasteiger partial charge in [-0.25, -0.2) is 4.99 Å². The maximum Gasteiger partial charge on any atom is 0.278 e. The van der Waals surface area contributed by atoms with Crippen LogP contribution in [0.25, 0.3) is 0 Å². The number of carbonyl (C=O) groups is 1. The molecule has 0 saturated carbocycles. The molecule has 0 N–H and O–H groups in total. The molecule has 0 saturated heterocycles. The van der Waals surface area contributed by atoms with Crippen LogP contribution in [0.15, 0.2) is 41.4 Å². The predicted molar refractivity (Wildman–Crippen MR) is 110 cm³/mol. The molecule has 4 rings (SSSR count). The molecule has 0 fully saturated rings. The van der Waals surface area contributed by atoms with Crippen molar-refractivity contribution in [2.45, 2.75) is 52.5 Å². The number of hydrogen-bond donors (Lipinski definition) is 0. The standard InChI is InChI=1S/C23H26N2O2/c1-6-27-17-11-18-15(3)13-23(4,5)25-21(18)19(12-17)20(22(25)26)24-16-9-7-8-14(2)10-16/h7-12,15H,6,13H2,1-5H3/t15-/m1/s1. The van der Waals surface area contributed by atoms with Gasteiger partial charge in [0.1, 0.15) is 11.5 Å². The summed E-state index contributed by atoms with van der Waals surface area (Å²) >= 11 is 0. The molecule has 1 amide bonds. The molecular weight excluding hydrogens is 336 g/mol. The lowest BCUT2D eigenvalue weighted by molar-refractivity contribution is -0.113. The van der Waals surface area contributed by atoms with Gasteiger partial charge in [-0.2, -0.15) is 0 Å². The third-order valence-electron chi connectivity index (χ3n) is 5.49. The van der Waals surface area contributed by atoms with Gasteiger partial charge in [-0.3, -0.25) is 4.79 Å². The summed E-state index contributed by atoms with van der Waals surface area (Å²) in [6, 6.07) is 12.0. The number of aliphatic imine (C=N–C) groups is 1. The number of nitrogens with zero attached hydrogens (tertiary/aromatic N) is 2. The largest absolute Gasteiger partial charge is 0.494 e. The number of aryl methyl sites for hydroxylation is 1. The molecular formula is C23H26N2O2. The monoisotopic (exact) mass is 362 g/mol. The normalized spacial score (nSPS) is 21.5. The van der Waals surface area contributed by atoms with Gasteiger partial charge < -0.3 is 9.64 Å². The van der Waals surface area contributed by atoms with Crippen molar-refractivity contribution in [1.82, 2.24) is 0 Å². The summed E-state index contributed by atoms with van der Waals surface area (Å²) in [6.45, 7) is 11.1. The Kier molecular flexibility index (Phi) is 4.10. The maximum absolute atomic E-state index is 13.4. The van der Waals surface area contributed by atoms with Crippen LogP contribution in [0, 0.1) is 6.92 Å².